The zero-order valence-electron chi connectivity index (χ0n) is 18.8. The van der Waals surface area contributed by atoms with Crippen LogP contribution in [0.3, 0.4) is 0 Å². The van der Waals surface area contributed by atoms with Crippen LogP contribution in [0.5, 0.6) is 0 Å². The van der Waals surface area contributed by atoms with Crippen molar-refractivity contribution in [2.24, 2.45) is 0 Å². The van der Waals surface area contributed by atoms with Crippen molar-refractivity contribution in [1.29, 1.82) is 5.26 Å². The van der Waals surface area contributed by atoms with E-state index in [1.807, 2.05) is 36.4 Å². The first kappa shape index (κ1) is 23.5. The lowest BCUT2D eigenvalue weighted by atomic mass is 9.92. The molecule has 2 aliphatic rings. The molecule has 4 heterocycles. The van der Waals surface area contributed by atoms with Gasteiger partial charge in [0.25, 0.3) is 0 Å². The maximum absolute atomic E-state index is 12.8. The minimum atomic E-state index is -2.04. The first-order valence-electron chi connectivity index (χ1n) is 11.1. The molecule has 0 radical (unpaired) electrons. The number of hydrogen-bond donors (Lipinski definition) is 3. The Morgan fingerprint density at radius 2 is 2.06 bits per heavy atom. The molecule has 5 rings (SSSR count). The highest BCUT2D eigenvalue weighted by Gasteiger charge is 2.58. The number of hydrogen-bond acceptors (Lipinski definition) is 11. The zero-order valence-corrected chi connectivity index (χ0v) is 18.8. The fourth-order valence-electron chi connectivity index (χ4n) is 4.49. The average Bonchev–Trinajstić information content (AvgIpc) is 3.55. The number of aromatic nitrogens is 3. The van der Waals surface area contributed by atoms with E-state index in [0.717, 1.165) is 10.5 Å². The number of anilines is 1. The van der Waals surface area contributed by atoms with E-state index in [-0.39, 0.29) is 18.1 Å². The van der Waals surface area contributed by atoms with E-state index in [1.54, 1.807) is 6.07 Å². The lowest BCUT2D eigenvalue weighted by molar-refractivity contribution is -0.0676. The van der Waals surface area contributed by atoms with Gasteiger partial charge < -0.3 is 30.2 Å². The van der Waals surface area contributed by atoms with Crippen LogP contribution < -0.4 is 5.73 Å². The molecule has 0 bridgehead atoms. The minimum absolute atomic E-state index is 0.00785. The van der Waals surface area contributed by atoms with Gasteiger partial charge in [-0.1, -0.05) is 30.3 Å². The summed E-state index contributed by atoms with van der Waals surface area (Å²) in [4.78, 5) is 29.7. The second kappa shape index (κ2) is 9.08. The molecule has 2 aromatic heterocycles. The quantitative estimate of drug-likeness (QED) is 0.444. The highest BCUT2D eigenvalue weighted by molar-refractivity contribution is 5.89. The lowest BCUT2D eigenvalue weighted by Gasteiger charge is -2.24. The fraction of sp³-hybridized carbons (Fsp3) is 0.348. The minimum Gasteiger partial charge on any atom is -0.447 e. The van der Waals surface area contributed by atoms with Gasteiger partial charge in [-0.15, -0.1) is 0 Å². The van der Waals surface area contributed by atoms with Gasteiger partial charge in [-0.2, -0.15) is 10.4 Å². The Morgan fingerprint density at radius 1 is 1.28 bits per heavy atom. The third-order valence-electron chi connectivity index (χ3n) is 6.33. The molecule has 13 nitrogen and oxygen atoms in total. The van der Waals surface area contributed by atoms with Crippen molar-refractivity contribution in [2.45, 2.75) is 36.4 Å². The van der Waals surface area contributed by atoms with Crippen LogP contribution in [0.15, 0.2) is 48.8 Å². The van der Waals surface area contributed by atoms with Crippen molar-refractivity contribution in [2.75, 3.05) is 18.9 Å². The topological polar surface area (TPSA) is 186 Å². The van der Waals surface area contributed by atoms with Crippen LogP contribution in [-0.4, -0.2) is 79.5 Å². The molecule has 2 aliphatic heterocycles. The Bertz CT molecular complexity index is 1340. The molecule has 5 atom stereocenters. The van der Waals surface area contributed by atoms with Gasteiger partial charge in [-0.3, -0.25) is 0 Å². The molecule has 0 aliphatic carbocycles. The van der Waals surface area contributed by atoms with Crippen LogP contribution in [0.2, 0.25) is 0 Å². The normalized spacial score (nSPS) is 27.7. The van der Waals surface area contributed by atoms with Gasteiger partial charge in [-0.05, 0) is 24.1 Å². The maximum atomic E-state index is 12.8. The number of nitrogen functional groups attached to an aromatic ring is 1. The number of nitrogens with two attached hydrogens (primary N) is 1. The van der Waals surface area contributed by atoms with Crippen molar-refractivity contribution < 1.29 is 34.0 Å². The molecule has 2 amide bonds. The highest BCUT2D eigenvalue weighted by Crippen LogP contribution is 2.40. The summed E-state index contributed by atoms with van der Waals surface area (Å²) < 4.78 is 17.4. The first-order chi connectivity index (χ1) is 17.4. The zero-order chi connectivity index (χ0) is 25.4. The molecule has 4 N–H and O–H groups in total. The van der Waals surface area contributed by atoms with Crippen LogP contribution in [0.1, 0.15) is 11.3 Å². The number of benzene rings is 1. The molecule has 3 aromatic rings. The summed E-state index contributed by atoms with van der Waals surface area (Å²) in [6.45, 7) is -0.531. The second-order valence-corrected chi connectivity index (χ2v) is 8.47. The third kappa shape index (κ3) is 3.77. The summed E-state index contributed by atoms with van der Waals surface area (Å²) in [7, 11) is 0. The van der Waals surface area contributed by atoms with Crippen LogP contribution in [0, 0.1) is 11.3 Å². The number of ether oxygens (including phenoxy) is 3. The smallest absolute Gasteiger partial charge is 0.419 e. The summed E-state index contributed by atoms with van der Waals surface area (Å²) >= 11 is 0. The number of cyclic esters (lactones) is 1. The van der Waals surface area contributed by atoms with E-state index in [4.69, 9.17) is 19.9 Å². The van der Waals surface area contributed by atoms with E-state index in [0.29, 0.717) is 11.9 Å². The molecule has 13 heteroatoms. The number of nitriles is 1. The molecular formula is C23H22N6O7. The van der Waals surface area contributed by atoms with E-state index in [1.165, 1.54) is 16.9 Å². The molecule has 2 fully saturated rings. The number of aliphatic hydroxyl groups is 2. The molecule has 2 saturated heterocycles. The number of rotatable bonds is 5. The highest BCUT2D eigenvalue weighted by atomic mass is 16.6. The number of carbonyl (C=O) groups is 2. The van der Waals surface area contributed by atoms with Gasteiger partial charge in [0.15, 0.2) is 5.82 Å². The average molecular weight is 494 g/mol. The van der Waals surface area contributed by atoms with Gasteiger partial charge in [0.05, 0.1) is 11.7 Å². The van der Waals surface area contributed by atoms with Gasteiger partial charge in [0, 0.05) is 0 Å². The molecule has 0 unspecified atom stereocenters. The second-order valence-electron chi connectivity index (χ2n) is 8.47. The van der Waals surface area contributed by atoms with Crippen molar-refractivity contribution >= 4 is 23.5 Å². The van der Waals surface area contributed by atoms with Gasteiger partial charge in [0.1, 0.15) is 49.4 Å². The van der Waals surface area contributed by atoms with E-state index >= 15 is 0 Å². The Morgan fingerprint density at radius 3 is 2.81 bits per heavy atom. The standard InChI is InChI=1S/C23H22N6O7/c24-11-23(17-7-6-15-20(25)26-12-27-29(15)17)19(31)18(30)16(36-23)10-35-22(33)28-14(9-34-21(28)32)8-13-4-2-1-3-5-13/h1-7,12,14,16,18-19,30-31H,8-10H2,(H2,25,26,27)/t14-,16+,18+,19+,23-/m0/s1. The number of aliphatic hydroxyl groups excluding tert-OH is 2. The first-order valence-corrected chi connectivity index (χ1v) is 11.1. The number of carbonyl (C=O) groups excluding carboxylic acids is 2. The number of amides is 2. The lowest BCUT2D eigenvalue weighted by Crippen LogP contribution is -2.42. The van der Waals surface area contributed by atoms with E-state index in [9.17, 15) is 25.1 Å². The van der Waals surface area contributed by atoms with Crippen molar-refractivity contribution in [3.8, 4) is 6.07 Å². The van der Waals surface area contributed by atoms with Crippen LogP contribution in [0.25, 0.3) is 5.52 Å². The summed E-state index contributed by atoms with van der Waals surface area (Å²) in [6.07, 6.45) is -4.87. The Labute approximate surface area is 204 Å². The summed E-state index contributed by atoms with van der Waals surface area (Å²) in [6, 6.07) is 13.6. The Balaban J connectivity index is 1.31. The Kier molecular flexibility index (Phi) is 5.92. The molecule has 186 valence electrons. The predicted molar refractivity (Wildman–Crippen MR) is 120 cm³/mol. The Hall–Kier alpha value is -4.25. The number of nitrogens with zero attached hydrogens (tertiary/aromatic N) is 5. The number of fused-ring (bicyclic) bond motifs is 1. The molecule has 36 heavy (non-hydrogen) atoms. The largest absolute Gasteiger partial charge is 0.447 e. The van der Waals surface area contributed by atoms with E-state index < -0.39 is 48.7 Å². The fourth-order valence-corrected chi connectivity index (χ4v) is 4.49. The van der Waals surface area contributed by atoms with Crippen molar-refractivity contribution in [1.82, 2.24) is 19.5 Å². The summed E-state index contributed by atoms with van der Waals surface area (Å²) in [5, 5.41) is 35.5. The van der Waals surface area contributed by atoms with Gasteiger partial charge >= 0.3 is 12.2 Å². The summed E-state index contributed by atoms with van der Waals surface area (Å²) in [5.74, 6) is 0.144. The molecule has 0 spiro atoms. The molecule has 1 aromatic carbocycles. The number of imide groups is 1. The third-order valence-corrected chi connectivity index (χ3v) is 6.33. The van der Waals surface area contributed by atoms with Gasteiger partial charge in [-0.25, -0.2) is 24.0 Å². The summed E-state index contributed by atoms with van der Waals surface area (Å²) in [5.41, 5.74) is 5.20. The van der Waals surface area contributed by atoms with Gasteiger partial charge in [0.2, 0.25) is 5.60 Å². The van der Waals surface area contributed by atoms with Crippen molar-refractivity contribution in [3.63, 3.8) is 0 Å². The van der Waals surface area contributed by atoms with Crippen LogP contribution in [-0.2, 0) is 26.2 Å². The molecule has 0 saturated carbocycles. The monoisotopic (exact) mass is 494 g/mol. The van der Waals surface area contributed by atoms with Crippen molar-refractivity contribution in [3.05, 3.63) is 60.0 Å². The maximum Gasteiger partial charge on any atom is 0.419 e. The molecular weight excluding hydrogens is 472 g/mol. The van der Waals surface area contributed by atoms with E-state index in [2.05, 4.69) is 10.1 Å². The van der Waals surface area contributed by atoms with Crippen LogP contribution >= 0.6 is 0 Å². The van der Waals surface area contributed by atoms with Crippen LogP contribution in [0.4, 0.5) is 15.4 Å². The SMILES string of the molecule is N#C[C@@]1(c2ccc3c(N)ncnn23)O[C@H](COC(=O)N2C(=O)OC[C@@H]2Cc2ccccc2)[C@@H](O)[C@H]1O. The predicted octanol–water partition coefficient (Wildman–Crippen LogP) is 0.351.